The topological polar surface area (TPSA) is 0 Å². The van der Waals surface area contributed by atoms with Crippen LogP contribution in [0.25, 0.3) is 6.08 Å². The zero-order valence-corrected chi connectivity index (χ0v) is 13.3. The molecule has 100 valence electrons. The minimum atomic E-state index is 0.853. The van der Waals surface area contributed by atoms with Gasteiger partial charge in [-0.05, 0) is 79.5 Å². The number of benzene rings is 1. The lowest BCUT2D eigenvalue weighted by atomic mass is 9.54. The van der Waals surface area contributed by atoms with Gasteiger partial charge in [0, 0.05) is 9.50 Å². The molecular formula is C17H18BrCl. The molecule has 0 aromatic heterocycles. The van der Waals surface area contributed by atoms with Crippen LogP contribution in [0.15, 0.2) is 28.2 Å². The van der Waals surface area contributed by atoms with Gasteiger partial charge in [0.2, 0.25) is 0 Å². The van der Waals surface area contributed by atoms with E-state index in [1.54, 1.807) is 5.57 Å². The number of rotatable bonds is 1. The van der Waals surface area contributed by atoms with Crippen molar-refractivity contribution in [2.45, 2.75) is 32.1 Å². The molecule has 5 rings (SSSR count). The summed E-state index contributed by atoms with van der Waals surface area (Å²) in [4.78, 5) is 0. The zero-order valence-electron chi connectivity index (χ0n) is 10.9. The first-order valence-corrected chi connectivity index (χ1v) is 8.52. The van der Waals surface area contributed by atoms with Crippen molar-refractivity contribution in [1.82, 2.24) is 0 Å². The van der Waals surface area contributed by atoms with Crippen LogP contribution in [0.1, 0.15) is 37.7 Å². The second-order valence-corrected chi connectivity index (χ2v) is 7.94. The molecule has 0 heterocycles. The third-order valence-electron chi connectivity index (χ3n) is 5.36. The van der Waals surface area contributed by atoms with Crippen LogP contribution in [0, 0.1) is 23.7 Å². The maximum Gasteiger partial charge on any atom is 0.0479 e. The third-order valence-corrected chi connectivity index (χ3v) is 6.20. The fourth-order valence-electron chi connectivity index (χ4n) is 4.77. The molecule has 4 fully saturated rings. The highest BCUT2D eigenvalue weighted by atomic mass is 79.9. The number of hydrogen-bond acceptors (Lipinski definition) is 0. The molecule has 0 aliphatic heterocycles. The maximum atomic E-state index is 6.34. The summed E-state index contributed by atoms with van der Waals surface area (Å²) in [5.41, 5.74) is 2.89. The zero-order chi connectivity index (χ0) is 13.0. The molecule has 4 aliphatic carbocycles. The SMILES string of the molecule is Clc1ccc(Br)cc1C=C1C2CC3CC(C2)CC1C3. The van der Waals surface area contributed by atoms with Gasteiger partial charge in [0.25, 0.3) is 0 Å². The van der Waals surface area contributed by atoms with Gasteiger partial charge >= 0.3 is 0 Å². The summed E-state index contributed by atoms with van der Waals surface area (Å²) in [5, 5.41) is 0.879. The molecule has 2 heteroatoms. The van der Waals surface area contributed by atoms with Crippen LogP contribution in [0.3, 0.4) is 0 Å². The minimum Gasteiger partial charge on any atom is -0.0837 e. The molecule has 0 atom stereocenters. The average Bonchev–Trinajstić information content (AvgIpc) is 2.37. The van der Waals surface area contributed by atoms with Crippen molar-refractivity contribution in [2.75, 3.05) is 0 Å². The smallest absolute Gasteiger partial charge is 0.0479 e. The lowest BCUT2D eigenvalue weighted by Crippen LogP contribution is -2.40. The van der Waals surface area contributed by atoms with Gasteiger partial charge in [0.05, 0.1) is 0 Å². The molecule has 4 bridgehead atoms. The monoisotopic (exact) mass is 336 g/mol. The average molecular weight is 338 g/mol. The predicted molar refractivity (Wildman–Crippen MR) is 84.2 cm³/mol. The van der Waals surface area contributed by atoms with E-state index >= 15 is 0 Å². The Hall–Kier alpha value is -0.270. The van der Waals surface area contributed by atoms with Crippen LogP contribution in [0.4, 0.5) is 0 Å². The van der Waals surface area contributed by atoms with Gasteiger partial charge in [-0.25, -0.2) is 0 Å². The van der Waals surface area contributed by atoms with E-state index in [9.17, 15) is 0 Å². The summed E-state index contributed by atoms with van der Waals surface area (Å²) in [6.07, 6.45) is 9.65. The first kappa shape index (κ1) is 12.5. The molecule has 4 aliphatic rings. The number of halogens is 2. The third kappa shape index (κ3) is 2.19. The molecule has 4 saturated carbocycles. The molecule has 0 amide bonds. The lowest BCUT2D eigenvalue weighted by molar-refractivity contribution is 0.0710. The standard InChI is InChI=1S/C17H18BrCl/c18-15-1-2-17(19)14(8-15)9-16-12-4-10-3-11(6-12)7-13(16)5-10/h1-2,8-13H,3-7H2. The Balaban J connectivity index is 1.72. The molecule has 0 saturated heterocycles. The fraction of sp³-hybridized carbons (Fsp3) is 0.529. The minimum absolute atomic E-state index is 0.853. The van der Waals surface area contributed by atoms with Crippen molar-refractivity contribution >= 4 is 33.6 Å². The maximum absolute atomic E-state index is 6.34. The van der Waals surface area contributed by atoms with Crippen LogP contribution >= 0.6 is 27.5 Å². The molecular weight excluding hydrogens is 320 g/mol. The van der Waals surface area contributed by atoms with Crippen LogP contribution in [-0.4, -0.2) is 0 Å². The number of allylic oxidation sites excluding steroid dienone is 1. The van der Waals surface area contributed by atoms with Gasteiger partial charge in [0.15, 0.2) is 0 Å². The second kappa shape index (κ2) is 4.63. The van der Waals surface area contributed by atoms with Gasteiger partial charge in [-0.2, -0.15) is 0 Å². The molecule has 0 nitrogen and oxygen atoms in total. The Bertz CT molecular complexity index is 516. The highest BCUT2D eigenvalue weighted by Gasteiger charge is 2.44. The molecule has 0 radical (unpaired) electrons. The predicted octanol–water partition coefficient (Wildman–Crippen LogP) is 5.94. The van der Waals surface area contributed by atoms with E-state index < -0.39 is 0 Å². The van der Waals surface area contributed by atoms with Crippen LogP contribution in [0.5, 0.6) is 0 Å². The van der Waals surface area contributed by atoms with Crippen molar-refractivity contribution in [2.24, 2.45) is 23.7 Å². The summed E-state index contributed by atoms with van der Waals surface area (Å²) < 4.78 is 1.12. The summed E-state index contributed by atoms with van der Waals surface area (Å²) in [6, 6.07) is 6.16. The van der Waals surface area contributed by atoms with Crippen LogP contribution in [-0.2, 0) is 0 Å². The van der Waals surface area contributed by atoms with Crippen LogP contribution in [0.2, 0.25) is 5.02 Å². The van der Waals surface area contributed by atoms with Gasteiger partial charge in [0.1, 0.15) is 0 Å². The van der Waals surface area contributed by atoms with E-state index in [4.69, 9.17) is 11.6 Å². The van der Waals surface area contributed by atoms with E-state index in [1.807, 2.05) is 12.1 Å². The van der Waals surface area contributed by atoms with E-state index in [0.29, 0.717) is 0 Å². The molecule has 0 N–H and O–H groups in total. The Labute approximate surface area is 128 Å². The Kier molecular flexibility index (Phi) is 3.04. The normalized spacial score (nSPS) is 35.8. The summed E-state index contributed by atoms with van der Waals surface area (Å²) in [6.45, 7) is 0. The fourth-order valence-corrected chi connectivity index (χ4v) is 5.32. The first-order chi connectivity index (χ1) is 9.19. The van der Waals surface area contributed by atoms with Crippen molar-refractivity contribution < 1.29 is 0 Å². The largest absolute Gasteiger partial charge is 0.0837 e. The van der Waals surface area contributed by atoms with Crippen molar-refractivity contribution in [3.05, 3.63) is 38.8 Å². The van der Waals surface area contributed by atoms with Gasteiger partial charge in [-0.3, -0.25) is 0 Å². The van der Waals surface area contributed by atoms with Gasteiger partial charge in [-0.15, -0.1) is 0 Å². The summed E-state index contributed by atoms with van der Waals surface area (Å²) in [7, 11) is 0. The Morgan fingerprint density at radius 2 is 1.63 bits per heavy atom. The highest BCUT2D eigenvalue weighted by molar-refractivity contribution is 9.10. The molecule has 1 aromatic carbocycles. The summed E-state index contributed by atoms with van der Waals surface area (Å²) in [5.74, 6) is 3.76. The molecule has 0 spiro atoms. The highest BCUT2D eigenvalue weighted by Crippen LogP contribution is 2.56. The van der Waals surface area contributed by atoms with E-state index in [1.165, 1.54) is 37.7 Å². The van der Waals surface area contributed by atoms with E-state index in [0.717, 1.165) is 33.2 Å². The second-order valence-electron chi connectivity index (χ2n) is 6.61. The molecule has 1 aromatic rings. The Morgan fingerprint density at radius 1 is 1.00 bits per heavy atom. The van der Waals surface area contributed by atoms with E-state index in [2.05, 4.69) is 28.1 Å². The number of hydrogen-bond donors (Lipinski definition) is 0. The summed E-state index contributed by atoms with van der Waals surface area (Å²) >= 11 is 9.90. The lowest BCUT2D eigenvalue weighted by Gasteiger charge is -2.51. The van der Waals surface area contributed by atoms with Crippen molar-refractivity contribution in [1.29, 1.82) is 0 Å². The van der Waals surface area contributed by atoms with Gasteiger partial charge < -0.3 is 0 Å². The molecule has 0 unspecified atom stereocenters. The first-order valence-electron chi connectivity index (χ1n) is 7.35. The van der Waals surface area contributed by atoms with Crippen molar-refractivity contribution in [3.63, 3.8) is 0 Å². The van der Waals surface area contributed by atoms with Crippen LogP contribution < -0.4 is 0 Å². The van der Waals surface area contributed by atoms with Crippen molar-refractivity contribution in [3.8, 4) is 0 Å². The quantitative estimate of drug-likeness (QED) is 0.594. The molecule has 19 heavy (non-hydrogen) atoms. The van der Waals surface area contributed by atoms with E-state index in [-0.39, 0.29) is 0 Å². The Morgan fingerprint density at radius 3 is 2.26 bits per heavy atom. The van der Waals surface area contributed by atoms with Gasteiger partial charge in [-0.1, -0.05) is 39.2 Å².